The Morgan fingerprint density at radius 3 is 2.65 bits per heavy atom. The van der Waals surface area contributed by atoms with Crippen molar-refractivity contribution < 1.29 is 9.72 Å². The third-order valence-corrected chi connectivity index (χ3v) is 2.97. The molecule has 0 aliphatic rings. The molecule has 17 heavy (non-hydrogen) atoms. The van der Waals surface area contributed by atoms with E-state index in [1.807, 2.05) is 6.07 Å². The lowest BCUT2D eigenvalue weighted by Crippen LogP contribution is -2.03. The van der Waals surface area contributed by atoms with Crippen molar-refractivity contribution in [1.82, 2.24) is 4.98 Å². The summed E-state index contributed by atoms with van der Waals surface area (Å²) in [5, 5.41) is 12.2. The average molecular weight is 248 g/mol. The number of rotatable bonds is 4. The van der Waals surface area contributed by atoms with Crippen molar-refractivity contribution in [2.75, 3.05) is 0 Å². The Hall–Kier alpha value is -2.08. The second-order valence-electron chi connectivity index (χ2n) is 3.32. The molecular weight excluding hydrogens is 240 g/mol. The maximum absolute atomic E-state index is 11.8. The number of aromatic nitrogens is 1. The van der Waals surface area contributed by atoms with E-state index in [0.29, 0.717) is 10.6 Å². The van der Waals surface area contributed by atoms with Crippen LogP contribution in [0.15, 0.2) is 35.7 Å². The first-order chi connectivity index (χ1) is 8.16. The molecule has 0 saturated heterocycles. The zero-order valence-corrected chi connectivity index (χ0v) is 9.52. The first-order valence-electron chi connectivity index (χ1n) is 4.84. The Morgan fingerprint density at radius 1 is 1.35 bits per heavy atom. The minimum atomic E-state index is -0.563. The smallest absolute Gasteiger partial charge is 0.358 e. The summed E-state index contributed by atoms with van der Waals surface area (Å²) in [5.74, 6) is -0.291. The second-order valence-corrected chi connectivity index (χ2v) is 4.27. The van der Waals surface area contributed by atoms with Crippen LogP contribution in [0.3, 0.4) is 0 Å². The molecule has 0 aliphatic heterocycles. The van der Waals surface area contributed by atoms with Gasteiger partial charge in [-0.3, -0.25) is 4.79 Å². The van der Waals surface area contributed by atoms with Crippen LogP contribution < -0.4 is 0 Å². The molecule has 0 unspecified atom stereocenters. The molecule has 1 heterocycles. The largest absolute Gasteiger partial charge is 0.374 e. The zero-order chi connectivity index (χ0) is 12.3. The van der Waals surface area contributed by atoms with Crippen molar-refractivity contribution >= 4 is 22.9 Å². The number of nitro groups is 1. The summed E-state index contributed by atoms with van der Waals surface area (Å²) in [6.45, 7) is 0. The van der Waals surface area contributed by atoms with Gasteiger partial charge < -0.3 is 10.1 Å². The highest BCUT2D eigenvalue weighted by atomic mass is 32.1. The number of nitrogens with zero attached hydrogens (tertiary/aromatic N) is 2. The first kappa shape index (κ1) is 11.4. The fraction of sp³-hybridized carbons (Fsp3) is 0.0909. The fourth-order valence-corrected chi connectivity index (χ4v) is 2.07. The van der Waals surface area contributed by atoms with Gasteiger partial charge in [0.05, 0.1) is 11.8 Å². The highest BCUT2D eigenvalue weighted by molar-refractivity contribution is 7.10. The summed E-state index contributed by atoms with van der Waals surface area (Å²) in [6, 6.07) is 8.80. The highest BCUT2D eigenvalue weighted by Gasteiger charge is 2.17. The number of carbonyl (C=O) groups is 1. The SMILES string of the molecule is O=C(Cc1nc([N+](=O)[O-])cs1)c1ccccc1. The lowest BCUT2D eigenvalue weighted by Gasteiger charge is -1.95. The summed E-state index contributed by atoms with van der Waals surface area (Å²) in [4.78, 5) is 25.4. The number of Topliss-reactive ketones (excluding diaryl/α,β-unsaturated/α-hetero) is 1. The van der Waals surface area contributed by atoms with Crippen molar-refractivity contribution in [2.24, 2.45) is 0 Å². The maximum atomic E-state index is 11.8. The van der Waals surface area contributed by atoms with Crippen molar-refractivity contribution in [3.8, 4) is 0 Å². The van der Waals surface area contributed by atoms with E-state index in [4.69, 9.17) is 0 Å². The normalized spacial score (nSPS) is 10.1. The molecule has 0 radical (unpaired) electrons. The summed E-state index contributed by atoms with van der Waals surface area (Å²) >= 11 is 1.13. The number of ketones is 1. The zero-order valence-electron chi connectivity index (χ0n) is 8.70. The van der Waals surface area contributed by atoms with Crippen LogP contribution in [0.1, 0.15) is 15.4 Å². The lowest BCUT2D eigenvalue weighted by molar-refractivity contribution is -0.389. The molecule has 0 bridgehead atoms. The third kappa shape index (κ3) is 2.73. The van der Waals surface area contributed by atoms with E-state index in [0.717, 1.165) is 11.3 Å². The molecule has 0 N–H and O–H groups in total. The molecule has 0 fully saturated rings. The number of carbonyl (C=O) groups excluding carboxylic acids is 1. The Labute approximate surface area is 101 Å². The molecule has 0 saturated carbocycles. The van der Waals surface area contributed by atoms with E-state index in [1.165, 1.54) is 5.38 Å². The van der Waals surface area contributed by atoms with Gasteiger partial charge in [-0.25, -0.2) is 0 Å². The van der Waals surface area contributed by atoms with Crippen LogP contribution in [0.5, 0.6) is 0 Å². The molecule has 86 valence electrons. The highest BCUT2D eigenvalue weighted by Crippen LogP contribution is 2.17. The van der Waals surface area contributed by atoms with Gasteiger partial charge in [-0.05, 0) is 9.91 Å². The van der Waals surface area contributed by atoms with Crippen LogP contribution in [-0.4, -0.2) is 15.7 Å². The summed E-state index contributed by atoms with van der Waals surface area (Å²) in [5.41, 5.74) is 0.588. The van der Waals surface area contributed by atoms with Gasteiger partial charge >= 0.3 is 5.82 Å². The van der Waals surface area contributed by atoms with E-state index in [2.05, 4.69) is 4.98 Å². The van der Waals surface area contributed by atoms with E-state index in [9.17, 15) is 14.9 Å². The van der Waals surface area contributed by atoms with E-state index < -0.39 is 4.92 Å². The molecule has 1 aromatic carbocycles. The fourth-order valence-electron chi connectivity index (χ4n) is 1.33. The van der Waals surface area contributed by atoms with Gasteiger partial charge in [0.2, 0.25) is 5.01 Å². The van der Waals surface area contributed by atoms with Crippen LogP contribution in [0, 0.1) is 10.1 Å². The molecule has 0 amide bonds. The Morgan fingerprint density at radius 2 is 2.06 bits per heavy atom. The standard InChI is InChI=1S/C11H8N2O3S/c14-9(8-4-2-1-3-5-8)6-11-12-10(7-17-11)13(15)16/h1-5,7H,6H2. The average Bonchev–Trinajstić information content (AvgIpc) is 2.79. The van der Waals surface area contributed by atoms with Crippen LogP contribution in [0.2, 0.25) is 0 Å². The van der Waals surface area contributed by atoms with Crippen molar-refractivity contribution in [1.29, 1.82) is 0 Å². The van der Waals surface area contributed by atoms with E-state index in [-0.39, 0.29) is 18.0 Å². The molecule has 5 nitrogen and oxygen atoms in total. The van der Waals surface area contributed by atoms with E-state index in [1.54, 1.807) is 24.3 Å². The molecular formula is C11H8N2O3S. The molecule has 0 atom stereocenters. The predicted octanol–water partition coefficient (Wildman–Crippen LogP) is 2.48. The summed E-state index contributed by atoms with van der Waals surface area (Å²) < 4.78 is 0. The van der Waals surface area contributed by atoms with Gasteiger partial charge in [-0.1, -0.05) is 41.7 Å². The number of thiazole rings is 1. The number of benzene rings is 1. The lowest BCUT2D eigenvalue weighted by atomic mass is 10.1. The Bertz CT molecular complexity index is 551. The molecule has 6 heteroatoms. The van der Waals surface area contributed by atoms with Gasteiger partial charge in [0, 0.05) is 5.56 Å². The van der Waals surface area contributed by atoms with Crippen LogP contribution >= 0.6 is 11.3 Å². The van der Waals surface area contributed by atoms with Gasteiger partial charge in [-0.2, -0.15) is 0 Å². The maximum Gasteiger partial charge on any atom is 0.374 e. The molecule has 0 aliphatic carbocycles. The third-order valence-electron chi connectivity index (χ3n) is 2.13. The Kier molecular flexibility index (Phi) is 3.24. The van der Waals surface area contributed by atoms with Crippen molar-refractivity contribution in [2.45, 2.75) is 6.42 Å². The quantitative estimate of drug-likeness (QED) is 0.473. The summed E-state index contributed by atoms with van der Waals surface area (Å²) in [6.07, 6.45) is 0.0997. The van der Waals surface area contributed by atoms with Crippen molar-refractivity contribution in [3.63, 3.8) is 0 Å². The first-order valence-corrected chi connectivity index (χ1v) is 5.72. The predicted molar refractivity (Wildman–Crippen MR) is 63.2 cm³/mol. The summed E-state index contributed by atoms with van der Waals surface area (Å²) in [7, 11) is 0. The van der Waals surface area contributed by atoms with Crippen LogP contribution in [-0.2, 0) is 6.42 Å². The minimum absolute atomic E-state index is 0.0881. The molecule has 1 aromatic heterocycles. The van der Waals surface area contributed by atoms with E-state index >= 15 is 0 Å². The van der Waals surface area contributed by atoms with Crippen LogP contribution in [0.4, 0.5) is 5.82 Å². The second kappa shape index (κ2) is 4.84. The van der Waals surface area contributed by atoms with Gasteiger partial charge in [0.15, 0.2) is 5.78 Å². The van der Waals surface area contributed by atoms with Crippen LogP contribution in [0.25, 0.3) is 0 Å². The Balaban J connectivity index is 2.11. The van der Waals surface area contributed by atoms with Gasteiger partial charge in [-0.15, -0.1) is 0 Å². The number of hydrogen-bond acceptors (Lipinski definition) is 5. The number of hydrogen-bond donors (Lipinski definition) is 0. The van der Waals surface area contributed by atoms with Gasteiger partial charge in [0.25, 0.3) is 0 Å². The topological polar surface area (TPSA) is 73.1 Å². The minimum Gasteiger partial charge on any atom is -0.358 e. The molecule has 2 rings (SSSR count). The monoisotopic (exact) mass is 248 g/mol. The molecule has 2 aromatic rings. The molecule has 0 spiro atoms. The van der Waals surface area contributed by atoms with Crippen molar-refractivity contribution in [3.05, 3.63) is 56.4 Å². The van der Waals surface area contributed by atoms with Gasteiger partial charge in [0.1, 0.15) is 0 Å².